The van der Waals surface area contributed by atoms with Gasteiger partial charge in [-0.05, 0) is 31.5 Å². The Labute approximate surface area is 116 Å². The Morgan fingerprint density at radius 1 is 1.35 bits per heavy atom. The van der Waals surface area contributed by atoms with Crippen molar-refractivity contribution in [2.75, 3.05) is 11.9 Å². The fourth-order valence-electron chi connectivity index (χ4n) is 1.72. The van der Waals surface area contributed by atoms with Gasteiger partial charge in [-0.1, -0.05) is 12.1 Å². The van der Waals surface area contributed by atoms with E-state index in [0.717, 1.165) is 5.56 Å². The lowest BCUT2D eigenvalue weighted by Gasteiger charge is -2.08. The lowest BCUT2D eigenvalue weighted by atomic mass is 10.2. The molecule has 0 radical (unpaired) electrons. The second kappa shape index (κ2) is 6.01. The summed E-state index contributed by atoms with van der Waals surface area (Å²) in [5.41, 5.74) is 0.985. The van der Waals surface area contributed by atoms with Gasteiger partial charge in [0.15, 0.2) is 0 Å². The molecular weight excluding hydrogens is 258 g/mol. The van der Waals surface area contributed by atoms with Gasteiger partial charge in [0.05, 0.1) is 17.1 Å². The van der Waals surface area contributed by atoms with Gasteiger partial charge < -0.3 is 10.1 Å². The minimum atomic E-state index is -0.467. The highest BCUT2D eigenvalue weighted by Gasteiger charge is 2.12. The van der Waals surface area contributed by atoms with Gasteiger partial charge in [-0.25, -0.2) is 0 Å². The number of nitro groups is 1. The fourth-order valence-corrected chi connectivity index (χ4v) is 1.72. The highest BCUT2D eigenvalue weighted by Crippen LogP contribution is 2.26. The third-order valence-corrected chi connectivity index (χ3v) is 2.57. The number of aryl methyl sites for hydroxylation is 1. The normalized spacial score (nSPS) is 10.1. The van der Waals surface area contributed by atoms with Crippen LogP contribution in [0, 0.1) is 17.0 Å². The first kappa shape index (κ1) is 13.8. The van der Waals surface area contributed by atoms with Crippen LogP contribution in [-0.2, 0) is 0 Å². The minimum Gasteiger partial charge on any atom is -0.439 e. The zero-order valence-electron chi connectivity index (χ0n) is 11.3. The topological polar surface area (TPSA) is 77.3 Å². The third kappa shape index (κ3) is 3.44. The van der Waals surface area contributed by atoms with Crippen molar-refractivity contribution in [3.05, 3.63) is 52.1 Å². The molecule has 6 nitrogen and oxygen atoms in total. The summed E-state index contributed by atoms with van der Waals surface area (Å²) >= 11 is 0. The SMILES string of the molecule is CCNc1cc([N+](=O)[O-])cc(Oc2cccc(C)c2)n1. The number of benzene rings is 1. The molecule has 0 atom stereocenters. The van der Waals surface area contributed by atoms with Crippen LogP contribution < -0.4 is 10.1 Å². The van der Waals surface area contributed by atoms with Gasteiger partial charge in [0, 0.05) is 6.54 Å². The molecule has 0 aliphatic carbocycles. The summed E-state index contributed by atoms with van der Waals surface area (Å²) in [6.07, 6.45) is 0. The monoisotopic (exact) mass is 273 g/mol. The smallest absolute Gasteiger partial charge is 0.278 e. The van der Waals surface area contributed by atoms with Gasteiger partial charge in [0.25, 0.3) is 5.69 Å². The molecule has 1 N–H and O–H groups in total. The van der Waals surface area contributed by atoms with Gasteiger partial charge in [0.2, 0.25) is 5.88 Å². The van der Waals surface area contributed by atoms with E-state index in [4.69, 9.17) is 4.74 Å². The van der Waals surface area contributed by atoms with Gasteiger partial charge in [-0.3, -0.25) is 10.1 Å². The summed E-state index contributed by atoms with van der Waals surface area (Å²) in [6.45, 7) is 4.46. The molecular formula is C14H15N3O3. The van der Waals surface area contributed by atoms with Crippen molar-refractivity contribution in [1.82, 2.24) is 4.98 Å². The molecule has 0 fully saturated rings. The Kier molecular flexibility index (Phi) is 4.14. The number of rotatable bonds is 5. The summed E-state index contributed by atoms with van der Waals surface area (Å²) in [6, 6.07) is 10.1. The average Bonchev–Trinajstić information content (AvgIpc) is 2.38. The summed E-state index contributed by atoms with van der Waals surface area (Å²) in [7, 11) is 0. The quantitative estimate of drug-likeness (QED) is 0.666. The largest absolute Gasteiger partial charge is 0.439 e. The second-order valence-electron chi connectivity index (χ2n) is 4.25. The van der Waals surface area contributed by atoms with Crippen LogP contribution in [0.15, 0.2) is 36.4 Å². The highest BCUT2D eigenvalue weighted by molar-refractivity contribution is 5.49. The molecule has 104 valence electrons. The second-order valence-corrected chi connectivity index (χ2v) is 4.25. The molecule has 0 unspecified atom stereocenters. The maximum absolute atomic E-state index is 10.9. The molecule has 0 saturated heterocycles. The number of hydrogen-bond acceptors (Lipinski definition) is 5. The van der Waals surface area contributed by atoms with Gasteiger partial charge in [-0.15, -0.1) is 0 Å². The Bertz CT molecular complexity index is 629. The van der Waals surface area contributed by atoms with E-state index in [1.165, 1.54) is 12.1 Å². The van der Waals surface area contributed by atoms with Crippen molar-refractivity contribution in [2.45, 2.75) is 13.8 Å². The number of nitrogens with zero attached hydrogens (tertiary/aromatic N) is 2. The van der Waals surface area contributed by atoms with Crippen molar-refractivity contribution < 1.29 is 9.66 Å². The maximum Gasteiger partial charge on any atom is 0.278 e. The number of pyridine rings is 1. The molecule has 0 aliphatic heterocycles. The van der Waals surface area contributed by atoms with Crippen LogP contribution in [0.2, 0.25) is 0 Å². The van der Waals surface area contributed by atoms with Gasteiger partial charge in [-0.2, -0.15) is 4.98 Å². The number of nitrogens with one attached hydrogen (secondary N) is 1. The number of anilines is 1. The molecule has 0 saturated carbocycles. The number of aromatic nitrogens is 1. The lowest BCUT2D eigenvalue weighted by molar-refractivity contribution is -0.384. The van der Waals surface area contributed by atoms with E-state index >= 15 is 0 Å². The van der Waals surface area contributed by atoms with Crippen molar-refractivity contribution in [1.29, 1.82) is 0 Å². The molecule has 1 heterocycles. The molecule has 0 aliphatic rings. The van der Waals surface area contributed by atoms with Crippen molar-refractivity contribution in [2.24, 2.45) is 0 Å². The fraction of sp³-hybridized carbons (Fsp3) is 0.214. The molecule has 6 heteroatoms. The number of ether oxygens (including phenoxy) is 1. The van der Waals surface area contributed by atoms with E-state index in [9.17, 15) is 10.1 Å². The van der Waals surface area contributed by atoms with E-state index < -0.39 is 4.92 Å². The van der Waals surface area contributed by atoms with Crippen LogP contribution in [0.3, 0.4) is 0 Å². The van der Waals surface area contributed by atoms with E-state index in [1.807, 2.05) is 32.0 Å². The van der Waals surface area contributed by atoms with Crippen LogP contribution in [0.1, 0.15) is 12.5 Å². The standard InChI is InChI=1S/C14H15N3O3/c1-3-15-13-8-11(17(18)19)9-14(16-13)20-12-6-4-5-10(2)7-12/h4-9H,3H2,1-2H3,(H,15,16). The van der Waals surface area contributed by atoms with Crippen LogP contribution in [0.5, 0.6) is 11.6 Å². The molecule has 2 aromatic rings. The molecule has 1 aromatic carbocycles. The summed E-state index contributed by atoms with van der Waals surface area (Å²) in [5.74, 6) is 1.21. The predicted octanol–water partition coefficient (Wildman–Crippen LogP) is 3.52. The zero-order valence-corrected chi connectivity index (χ0v) is 11.3. The van der Waals surface area contributed by atoms with Crippen molar-refractivity contribution in [3.63, 3.8) is 0 Å². The first-order valence-electron chi connectivity index (χ1n) is 6.23. The molecule has 0 spiro atoms. The Balaban J connectivity index is 2.32. The van der Waals surface area contributed by atoms with Crippen molar-refractivity contribution in [3.8, 4) is 11.6 Å². The van der Waals surface area contributed by atoms with Gasteiger partial charge in [0.1, 0.15) is 11.6 Å². The van der Waals surface area contributed by atoms with E-state index in [0.29, 0.717) is 18.1 Å². The Morgan fingerprint density at radius 3 is 2.80 bits per heavy atom. The number of hydrogen-bond donors (Lipinski definition) is 1. The minimum absolute atomic E-state index is 0.0568. The van der Waals surface area contributed by atoms with Crippen molar-refractivity contribution >= 4 is 11.5 Å². The Morgan fingerprint density at radius 2 is 2.15 bits per heavy atom. The van der Waals surface area contributed by atoms with Crippen LogP contribution >= 0.6 is 0 Å². The predicted molar refractivity (Wildman–Crippen MR) is 76.3 cm³/mol. The molecule has 2 rings (SSSR count). The molecule has 0 amide bonds. The lowest BCUT2D eigenvalue weighted by Crippen LogP contribution is -2.01. The molecule has 20 heavy (non-hydrogen) atoms. The zero-order chi connectivity index (χ0) is 14.5. The van der Waals surface area contributed by atoms with Crippen LogP contribution in [0.25, 0.3) is 0 Å². The first-order valence-corrected chi connectivity index (χ1v) is 6.23. The van der Waals surface area contributed by atoms with Gasteiger partial charge >= 0.3 is 0 Å². The van der Waals surface area contributed by atoms with E-state index in [1.54, 1.807) is 6.07 Å². The first-order chi connectivity index (χ1) is 9.58. The Hall–Kier alpha value is -2.63. The summed E-state index contributed by atoms with van der Waals surface area (Å²) in [4.78, 5) is 14.6. The maximum atomic E-state index is 10.9. The van der Waals surface area contributed by atoms with Crippen LogP contribution in [-0.4, -0.2) is 16.5 Å². The molecule has 1 aromatic heterocycles. The summed E-state index contributed by atoms with van der Waals surface area (Å²) < 4.78 is 5.58. The average molecular weight is 273 g/mol. The van der Waals surface area contributed by atoms with E-state index in [-0.39, 0.29) is 11.6 Å². The summed E-state index contributed by atoms with van der Waals surface area (Å²) in [5, 5.41) is 13.9. The highest BCUT2D eigenvalue weighted by atomic mass is 16.6. The van der Waals surface area contributed by atoms with Crippen LogP contribution in [0.4, 0.5) is 11.5 Å². The third-order valence-electron chi connectivity index (χ3n) is 2.57. The van der Waals surface area contributed by atoms with E-state index in [2.05, 4.69) is 10.3 Å². The molecule has 0 bridgehead atoms.